The van der Waals surface area contributed by atoms with E-state index in [1.165, 1.54) is 0 Å². The van der Waals surface area contributed by atoms with Gasteiger partial charge in [0.25, 0.3) is 11.1 Å². The van der Waals surface area contributed by atoms with Crippen LogP contribution in [0.3, 0.4) is 0 Å². The molecule has 0 saturated heterocycles. The van der Waals surface area contributed by atoms with Crippen LogP contribution in [-0.2, 0) is 17.9 Å². The van der Waals surface area contributed by atoms with Crippen LogP contribution in [0.15, 0.2) is 27.8 Å². The van der Waals surface area contributed by atoms with Gasteiger partial charge in [0, 0.05) is 30.9 Å². The standard InChI is InChI=1S/C15H21N5O3/c1-10(8-19-12(3)6-11(2)17-19)7-16-14(22)9-20-15(23)5-4-13(21)18-20/h4-6,10H,7-9H2,1-3H3,(H,16,22)(H,18,21)/t10-/m0/s1. The summed E-state index contributed by atoms with van der Waals surface area (Å²) < 4.78 is 2.90. The summed E-state index contributed by atoms with van der Waals surface area (Å²) in [6.45, 7) is 6.89. The quantitative estimate of drug-likeness (QED) is 0.770. The van der Waals surface area contributed by atoms with Crippen molar-refractivity contribution in [3.8, 4) is 0 Å². The highest BCUT2D eigenvalue weighted by Crippen LogP contribution is 2.05. The van der Waals surface area contributed by atoms with E-state index in [1.807, 2.05) is 31.5 Å². The smallest absolute Gasteiger partial charge is 0.265 e. The lowest BCUT2D eigenvalue weighted by Gasteiger charge is -2.14. The molecule has 8 nitrogen and oxygen atoms in total. The lowest BCUT2D eigenvalue weighted by molar-refractivity contribution is -0.122. The van der Waals surface area contributed by atoms with Crippen LogP contribution in [0, 0.1) is 19.8 Å². The van der Waals surface area contributed by atoms with Gasteiger partial charge in [-0.3, -0.25) is 24.2 Å². The second-order valence-corrected chi connectivity index (χ2v) is 5.75. The zero-order valence-corrected chi connectivity index (χ0v) is 13.5. The molecule has 2 heterocycles. The van der Waals surface area contributed by atoms with Gasteiger partial charge in [-0.1, -0.05) is 6.92 Å². The molecule has 0 aromatic carbocycles. The summed E-state index contributed by atoms with van der Waals surface area (Å²) in [6.07, 6.45) is 0. The van der Waals surface area contributed by atoms with Crippen LogP contribution in [0.1, 0.15) is 18.3 Å². The SMILES string of the molecule is Cc1cc(C)n(C[C@@H](C)CNC(=O)Cn2[nH]c(=O)ccc2=O)n1. The molecule has 2 aromatic rings. The van der Waals surface area contributed by atoms with E-state index in [0.717, 1.165) is 28.2 Å². The fraction of sp³-hybridized carbons (Fsp3) is 0.467. The molecule has 2 rings (SSSR count). The second kappa shape index (κ2) is 7.08. The zero-order chi connectivity index (χ0) is 17.0. The van der Waals surface area contributed by atoms with Gasteiger partial charge in [0.05, 0.1) is 5.69 Å². The topological polar surface area (TPSA) is 102 Å². The fourth-order valence-corrected chi connectivity index (χ4v) is 2.29. The molecule has 2 aromatic heterocycles. The maximum Gasteiger partial charge on any atom is 0.265 e. The average molecular weight is 319 g/mol. The summed E-state index contributed by atoms with van der Waals surface area (Å²) in [5, 5.41) is 9.47. The summed E-state index contributed by atoms with van der Waals surface area (Å²) >= 11 is 0. The Balaban J connectivity index is 1.86. The van der Waals surface area contributed by atoms with Crippen molar-refractivity contribution in [3.63, 3.8) is 0 Å². The maximum atomic E-state index is 11.9. The predicted molar refractivity (Wildman–Crippen MR) is 85.2 cm³/mol. The van der Waals surface area contributed by atoms with Gasteiger partial charge in [-0.05, 0) is 25.8 Å². The highest BCUT2D eigenvalue weighted by molar-refractivity contribution is 5.75. The first-order chi connectivity index (χ1) is 10.8. The van der Waals surface area contributed by atoms with Crippen LogP contribution in [-0.4, -0.2) is 32.0 Å². The van der Waals surface area contributed by atoms with E-state index in [-0.39, 0.29) is 18.4 Å². The van der Waals surface area contributed by atoms with Crippen LogP contribution in [0.2, 0.25) is 0 Å². The average Bonchev–Trinajstić information content (AvgIpc) is 2.78. The van der Waals surface area contributed by atoms with E-state index < -0.39 is 11.1 Å². The molecule has 0 aliphatic carbocycles. The minimum Gasteiger partial charge on any atom is -0.354 e. The van der Waals surface area contributed by atoms with Crippen LogP contribution >= 0.6 is 0 Å². The Hall–Kier alpha value is -2.64. The predicted octanol–water partition coefficient (Wildman–Crippen LogP) is -0.198. The fourth-order valence-electron chi connectivity index (χ4n) is 2.29. The third kappa shape index (κ3) is 4.67. The summed E-state index contributed by atoms with van der Waals surface area (Å²) in [4.78, 5) is 34.6. The lowest BCUT2D eigenvalue weighted by atomic mass is 10.2. The van der Waals surface area contributed by atoms with E-state index >= 15 is 0 Å². The summed E-state index contributed by atoms with van der Waals surface area (Å²) in [5.41, 5.74) is 1.20. The number of amides is 1. The molecule has 1 atom stereocenters. The Labute approximate surface area is 133 Å². The van der Waals surface area contributed by atoms with Gasteiger partial charge in [-0.15, -0.1) is 0 Å². The molecule has 1 amide bonds. The molecule has 23 heavy (non-hydrogen) atoms. The molecule has 8 heteroatoms. The minimum absolute atomic E-state index is 0.184. The Morgan fingerprint density at radius 1 is 1.35 bits per heavy atom. The second-order valence-electron chi connectivity index (χ2n) is 5.75. The van der Waals surface area contributed by atoms with Gasteiger partial charge in [-0.25, -0.2) is 4.68 Å². The molecule has 0 spiro atoms. The Morgan fingerprint density at radius 3 is 2.74 bits per heavy atom. The van der Waals surface area contributed by atoms with Crippen LogP contribution in [0.5, 0.6) is 0 Å². The lowest BCUT2D eigenvalue weighted by Crippen LogP contribution is -2.37. The van der Waals surface area contributed by atoms with Gasteiger partial charge in [0.1, 0.15) is 6.54 Å². The number of H-pyrrole nitrogens is 1. The number of rotatable bonds is 6. The van der Waals surface area contributed by atoms with Crippen LogP contribution in [0.25, 0.3) is 0 Å². The van der Waals surface area contributed by atoms with Crippen LogP contribution < -0.4 is 16.4 Å². The Morgan fingerprint density at radius 2 is 2.09 bits per heavy atom. The number of hydrogen-bond donors (Lipinski definition) is 2. The number of carbonyl (C=O) groups excluding carboxylic acids is 1. The molecule has 0 unspecified atom stereocenters. The first-order valence-corrected chi connectivity index (χ1v) is 7.43. The molecule has 0 saturated carbocycles. The number of aromatic amines is 1. The van der Waals surface area contributed by atoms with Gasteiger partial charge in [-0.2, -0.15) is 5.10 Å². The van der Waals surface area contributed by atoms with Gasteiger partial charge < -0.3 is 5.32 Å². The molecule has 124 valence electrons. The van der Waals surface area contributed by atoms with Crippen molar-refractivity contribution in [3.05, 3.63) is 50.3 Å². The highest BCUT2D eigenvalue weighted by Gasteiger charge is 2.10. The third-order valence-corrected chi connectivity index (χ3v) is 3.43. The van der Waals surface area contributed by atoms with E-state index in [1.54, 1.807) is 0 Å². The molecule has 0 fully saturated rings. The van der Waals surface area contributed by atoms with E-state index in [0.29, 0.717) is 13.1 Å². The number of nitrogens with zero attached hydrogens (tertiary/aromatic N) is 3. The molecule has 0 radical (unpaired) electrons. The molecule has 0 aliphatic rings. The Bertz CT molecular complexity index is 802. The van der Waals surface area contributed by atoms with Crippen LogP contribution in [0.4, 0.5) is 0 Å². The summed E-state index contributed by atoms with van der Waals surface area (Å²) in [7, 11) is 0. The first kappa shape index (κ1) is 16.7. The summed E-state index contributed by atoms with van der Waals surface area (Å²) in [5.74, 6) is -0.141. The van der Waals surface area contributed by atoms with Crippen molar-refractivity contribution in [2.45, 2.75) is 33.9 Å². The normalized spacial score (nSPS) is 12.1. The van der Waals surface area contributed by atoms with E-state index in [4.69, 9.17) is 0 Å². The van der Waals surface area contributed by atoms with Crippen molar-refractivity contribution < 1.29 is 4.79 Å². The maximum absolute atomic E-state index is 11.9. The van der Waals surface area contributed by atoms with Crippen molar-refractivity contribution in [1.82, 2.24) is 24.9 Å². The van der Waals surface area contributed by atoms with Crippen molar-refractivity contribution >= 4 is 5.91 Å². The van der Waals surface area contributed by atoms with E-state index in [2.05, 4.69) is 15.5 Å². The largest absolute Gasteiger partial charge is 0.354 e. The number of aryl methyl sites for hydroxylation is 2. The molecule has 2 N–H and O–H groups in total. The third-order valence-electron chi connectivity index (χ3n) is 3.43. The van der Waals surface area contributed by atoms with Crippen molar-refractivity contribution in [1.29, 1.82) is 0 Å². The van der Waals surface area contributed by atoms with Crippen molar-refractivity contribution in [2.24, 2.45) is 5.92 Å². The number of hydrogen-bond acceptors (Lipinski definition) is 4. The number of nitrogens with one attached hydrogen (secondary N) is 2. The van der Waals surface area contributed by atoms with Gasteiger partial charge in [0.15, 0.2) is 0 Å². The monoisotopic (exact) mass is 319 g/mol. The number of carbonyl (C=O) groups is 1. The number of aromatic nitrogens is 4. The molecular formula is C15H21N5O3. The van der Waals surface area contributed by atoms with Gasteiger partial charge in [0.2, 0.25) is 5.91 Å². The molecule has 0 aliphatic heterocycles. The Kier molecular flexibility index (Phi) is 5.15. The van der Waals surface area contributed by atoms with Crippen molar-refractivity contribution in [2.75, 3.05) is 6.54 Å². The van der Waals surface area contributed by atoms with Gasteiger partial charge >= 0.3 is 0 Å². The molecular weight excluding hydrogens is 298 g/mol. The first-order valence-electron chi connectivity index (χ1n) is 7.43. The van der Waals surface area contributed by atoms with E-state index in [9.17, 15) is 14.4 Å². The minimum atomic E-state index is -0.421. The molecule has 0 bridgehead atoms. The summed E-state index contributed by atoms with van der Waals surface area (Å²) in [6, 6.07) is 4.27. The zero-order valence-electron chi connectivity index (χ0n) is 13.5. The highest BCUT2D eigenvalue weighted by atomic mass is 16.2.